The van der Waals surface area contributed by atoms with Crippen molar-refractivity contribution in [3.05, 3.63) is 77.3 Å². The molecule has 1 N–H and O–H groups in total. The van der Waals surface area contributed by atoms with Gasteiger partial charge in [-0.25, -0.2) is 9.69 Å². The van der Waals surface area contributed by atoms with Gasteiger partial charge in [0.15, 0.2) is 0 Å². The highest BCUT2D eigenvalue weighted by molar-refractivity contribution is 6.31. The Labute approximate surface area is 171 Å². The number of carbonyl (C=O) groups is 4. The molecule has 0 aromatic heterocycles. The fourth-order valence-electron chi connectivity index (χ4n) is 3.11. The predicted molar refractivity (Wildman–Crippen MR) is 106 cm³/mol. The maximum atomic E-state index is 13.0. The Balaban J connectivity index is 1.92. The van der Waals surface area contributed by atoms with E-state index < -0.39 is 29.7 Å². The van der Waals surface area contributed by atoms with Crippen LogP contribution in [-0.2, 0) is 25.7 Å². The van der Waals surface area contributed by atoms with Crippen LogP contribution < -0.4 is 4.90 Å². The number of nitrogens with zero attached hydrogens (tertiary/aromatic N) is 2. The van der Waals surface area contributed by atoms with Crippen molar-refractivity contribution in [2.24, 2.45) is 0 Å². The molecule has 2 aromatic carbocycles. The van der Waals surface area contributed by atoms with Crippen molar-refractivity contribution in [3.63, 3.8) is 0 Å². The highest BCUT2D eigenvalue weighted by atomic mass is 35.5. The van der Waals surface area contributed by atoms with E-state index in [4.69, 9.17) is 16.7 Å². The van der Waals surface area contributed by atoms with Crippen molar-refractivity contribution in [1.29, 1.82) is 0 Å². The normalized spacial score (nSPS) is 16.4. The summed E-state index contributed by atoms with van der Waals surface area (Å²) >= 11 is 5.97. The minimum atomic E-state index is -1.28. The fourth-order valence-corrected chi connectivity index (χ4v) is 3.29. The Bertz CT molecular complexity index is 990. The zero-order valence-corrected chi connectivity index (χ0v) is 16.0. The lowest BCUT2D eigenvalue weighted by Gasteiger charge is -2.26. The smallest absolute Gasteiger partial charge is 0.328 e. The van der Waals surface area contributed by atoms with E-state index in [1.54, 1.807) is 42.5 Å². The number of aliphatic carboxylic acids is 1. The number of carboxylic acids is 1. The molecule has 29 heavy (non-hydrogen) atoms. The topological polar surface area (TPSA) is 95.0 Å². The number of imide groups is 1. The molecular formula is C21H17ClN2O5. The molecular weight excluding hydrogens is 396 g/mol. The molecule has 148 valence electrons. The van der Waals surface area contributed by atoms with Crippen molar-refractivity contribution in [2.75, 3.05) is 4.90 Å². The van der Waals surface area contributed by atoms with Gasteiger partial charge in [-0.3, -0.25) is 14.4 Å². The molecule has 1 heterocycles. The number of hydrogen-bond acceptors (Lipinski definition) is 4. The highest BCUT2D eigenvalue weighted by Gasteiger charge is 2.44. The van der Waals surface area contributed by atoms with Gasteiger partial charge < -0.3 is 10.0 Å². The molecule has 0 saturated carbocycles. The first kappa shape index (κ1) is 20.3. The van der Waals surface area contributed by atoms with Gasteiger partial charge in [-0.1, -0.05) is 48.0 Å². The van der Waals surface area contributed by atoms with Crippen molar-refractivity contribution in [1.82, 2.24) is 4.90 Å². The number of benzene rings is 2. The number of hydrogen-bond donors (Lipinski definition) is 1. The molecule has 7 nitrogen and oxygen atoms in total. The Kier molecular flexibility index (Phi) is 6.09. The van der Waals surface area contributed by atoms with Gasteiger partial charge in [0.05, 0.1) is 12.1 Å². The Morgan fingerprint density at radius 1 is 1.10 bits per heavy atom. The second-order valence-corrected chi connectivity index (χ2v) is 6.83. The first-order valence-electron chi connectivity index (χ1n) is 8.74. The third-order valence-corrected chi connectivity index (χ3v) is 4.65. The monoisotopic (exact) mass is 412 g/mol. The van der Waals surface area contributed by atoms with E-state index in [0.717, 1.165) is 16.5 Å². The number of rotatable bonds is 6. The van der Waals surface area contributed by atoms with Crippen LogP contribution in [0.25, 0.3) is 0 Å². The van der Waals surface area contributed by atoms with Crippen LogP contribution in [0.4, 0.5) is 5.69 Å². The first-order chi connectivity index (χ1) is 13.9. The van der Waals surface area contributed by atoms with Gasteiger partial charge in [0.25, 0.3) is 5.91 Å². The lowest BCUT2D eigenvalue weighted by atomic mass is 10.1. The van der Waals surface area contributed by atoms with Crippen LogP contribution in [0.15, 0.2) is 66.7 Å². The van der Waals surface area contributed by atoms with Crippen LogP contribution in [0.1, 0.15) is 12.0 Å². The minimum Gasteiger partial charge on any atom is -0.478 e. The second-order valence-electron chi connectivity index (χ2n) is 6.39. The van der Waals surface area contributed by atoms with Gasteiger partial charge in [0.2, 0.25) is 11.8 Å². The SMILES string of the molecule is O=C(O)C=CC(=O)N(Cc1ccccc1)C1CC(=O)N(c2cccc(Cl)c2)C1=O. The standard InChI is InChI=1S/C21H17ClN2O5/c22-15-7-4-8-16(11-15)24-19(26)12-17(21(24)29)23(18(25)9-10-20(27)28)13-14-5-2-1-3-6-14/h1-11,17H,12-13H2,(H,27,28). The summed E-state index contributed by atoms with van der Waals surface area (Å²) in [6.45, 7) is 0.0523. The Morgan fingerprint density at radius 2 is 1.83 bits per heavy atom. The number of anilines is 1. The fraction of sp³-hybridized carbons (Fsp3) is 0.143. The molecule has 1 fully saturated rings. The van der Waals surface area contributed by atoms with Gasteiger partial charge in [-0.15, -0.1) is 0 Å². The molecule has 1 aliphatic heterocycles. The van der Waals surface area contributed by atoms with Gasteiger partial charge in [0.1, 0.15) is 6.04 Å². The molecule has 1 unspecified atom stereocenters. The molecule has 0 radical (unpaired) electrons. The third kappa shape index (κ3) is 4.70. The Morgan fingerprint density at radius 3 is 2.48 bits per heavy atom. The second kappa shape index (κ2) is 8.70. The minimum absolute atomic E-state index is 0.0523. The molecule has 1 atom stereocenters. The largest absolute Gasteiger partial charge is 0.478 e. The molecule has 0 aliphatic carbocycles. The Hall–Kier alpha value is -3.45. The van der Waals surface area contributed by atoms with E-state index in [0.29, 0.717) is 16.8 Å². The van der Waals surface area contributed by atoms with Crippen molar-refractivity contribution in [2.45, 2.75) is 19.0 Å². The van der Waals surface area contributed by atoms with Crippen LogP contribution in [0.3, 0.4) is 0 Å². The van der Waals surface area contributed by atoms with Crippen LogP contribution >= 0.6 is 11.6 Å². The summed E-state index contributed by atoms with van der Waals surface area (Å²) in [6.07, 6.45) is 1.38. The van der Waals surface area contributed by atoms with Crippen molar-refractivity contribution < 1.29 is 24.3 Å². The van der Waals surface area contributed by atoms with E-state index in [1.807, 2.05) is 6.07 Å². The molecule has 2 aromatic rings. The van der Waals surface area contributed by atoms with Gasteiger partial charge in [-0.05, 0) is 23.8 Å². The molecule has 1 aliphatic rings. The summed E-state index contributed by atoms with van der Waals surface area (Å²) in [5, 5.41) is 9.18. The van der Waals surface area contributed by atoms with Crippen molar-refractivity contribution in [3.8, 4) is 0 Å². The summed E-state index contributed by atoms with van der Waals surface area (Å²) in [5.74, 6) is -2.98. The zero-order chi connectivity index (χ0) is 21.0. The maximum absolute atomic E-state index is 13.0. The maximum Gasteiger partial charge on any atom is 0.328 e. The highest BCUT2D eigenvalue weighted by Crippen LogP contribution is 2.28. The lowest BCUT2D eigenvalue weighted by Crippen LogP contribution is -2.44. The zero-order valence-electron chi connectivity index (χ0n) is 15.2. The lowest BCUT2D eigenvalue weighted by molar-refractivity contribution is -0.135. The van der Waals surface area contributed by atoms with Crippen LogP contribution in [0, 0.1) is 0 Å². The van der Waals surface area contributed by atoms with Crippen molar-refractivity contribution >= 4 is 41.0 Å². The number of halogens is 1. The quantitative estimate of drug-likeness (QED) is 0.581. The molecule has 8 heteroatoms. The van der Waals surface area contributed by atoms with Gasteiger partial charge in [-0.2, -0.15) is 0 Å². The third-order valence-electron chi connectivity index (χ3n) is 4.41. The predicted octanol–water partition coefficient (Wildman–Crippen LogP) is 2.64. The van der Waals surface area contributed by atoms with Crippen LogP contribution in [0.5, 0.6) is 0 Å². The van der Waals surface area contributed by atoms with Gasteiger partial charge >= 0.3 is 5.97 Å². The van der Waals surface area contributed by atoms with Gasteiger partial charge in [0, 0.05) is 23.7 Å². The summed E-state index contributed by atoms with van der Waals surface area (Å²) in [5.41, 5.74) is 1.06. The number of carboxylic acid groups (broad SMARTS) is 1. The summed E-state index contributed by atoms with van der Waals surface area (Å²) < 4.78 is 0. The van der Waals surface area contributed by atoms with E-state index in [1.165, 1.54) is 11.0 Å². The number of amides is 3. The molecule has 3 amide bonds. The average Bonchev–Trinajstić information content (AvgIpc) is 2.99. The molecule has 1 saturated heterocycles. The summed E-state index contributed by atoms with van der Waals surface area (Å²) in [4.78, 5) is 51.3. The van der Waals surface area contributed by atoms with E-state index >= 15 is 0 Å². The van der Waals surface area contributed by atoms with E-state index in [9.17, 15) is 19.2 Å². The molecule has 0 bridgehead atoms. The van der Waals surface area contributed by atoms with Crippen LogP contribution in [0.2, 0.25) is 5.02 Å². The summed E-state index contributed by atoms with van der Waals surface area (Å²) in [7, 11) is 0. The molecule has 0 spiro atoms. The average molecular weight is 413 g/mol. The van der Waals surface area contributed by atoms with Crippen LogP contribution in [-0.4, -0.2) is 39.7 Å². The molecule has 3 rings (SSSR count). The number of carbonyl (C=O) groups excluding carboxylic acids is 3. The first-order valence-corrected chi connectivity index (χ1v) is 9.12. The summed E-state index contributed by atoms with van der Waals surface area (Å²) in [6, 6.07) is 14.2. The van der Waals surface area contributed by atoms with E-state index in [2.05, 4.69) is 0 Å². The van der Waals surface area contributed by atoms with E-state index in [-0.39, 0.29) is 13.0 Å².